The minimum Gasteiger partial charge on any atom is -0.383 e. The number of aryl methyl sites for hydroxylation is 4. The van der Waals surface area contributed by atoms with E-state index in [0.29, 0.717) is 101 Å². The Morgan fingerprint density at radius 2 is 0.804 bits per heavy atom. The van der Waals surface area contributed by atoms with Crippen molar-refractivity contribution >= 4 is 85.3 Å². The number of anilines is 6. The summed E-state index contributed by atoms with van der Waals surface area (Å²) in [5.74, 6) is 18.4. The highest BCUT2D eigenvalue weighted by atomic mass is 16.2. The molecule has 9 aromatic heterocycles. The van der Waals surface area contributed by atoms with Gasteiger partial charge in [-0.1, -0.05) is 36.0 Å². The number of H-pyrrole nitrogens is 1. The lowest BCUT2D eigenvalue weighted by Crippen LogP contribution is -2.43. The fraction of sp³-hybridized carbons (Fsp3) is 0.305. The highest BCUT2D eigenvalue weighted by molar-refractivity contribution is 6.06. The molecule has 3 aromatic carbocycles. The van der Waals surface area contributed by atoms with Gasteiger partial charge < -0.3 is 47.9 Å². The number of nitrogen functional groups attached to an aromatic ring is 3. The van der Waals surface area contributed by atoms with Crippen molar-refractivity contribution in [1.82, 2.24) is 104 Å². The molecule has 30 nitrogen and oxygen atoms in total. The van der Waals surface area contributed by atoms with Gasteiger partial charge in [0.2, 0.25) is 0 Å². The van der Waals surface area contributed by atoms with Crippen LogP contribution in [0.25, 0.3) is 33.1 Å². The lowest BCUT2D eigenvalue weighted by molar-refractivity contribution is 0.101. The Morgan fingerprint density at radius 3 is 1.21 bits per heavy atom. The number of carbonyl (C=O) groups is 3. The molecule has 3 amide bonds. The number of pyridine rings is 3. The molecule has 3 saturated heterocycles. The van der Waals surface area contributed by atoms with E-state index in [1.165, 1.54) is 54.3 Å². The van der Waals surface area contributed by atoms with Crippen molar-refractivity contribution in [3.05, 3.63) is 213 Å². The van der Waals surface area contributed by atoms with E-state index < -0.39 is 0 Å². The van der Waals surface area contributed by atoms with Gasteiger partial charge in [0.1, 0.15) is 53.5 Å². The van der Waals surface area contributed by atoms with Crippen molar-refractivity contribution in [2.24, 2.45) is 7.05 Å². The van der Waals surface area contributed by atoms with Gasteiger partial charge in [0.25, 0.3) is 17.7 Å². The number of rotatable bonds is 13. The number of benzene rings is 3. The predicted molar refractivity (Wildman–Crippen MR) is 433 cm³/mol. The van der Waals surface area contributed by atoms with Gasteiger partial charge >= 0.3 is 0 Å². The molecule has 3 aliphatic heterocycles. The summed E-state index contributed by atoms with van der Waals surface area (Å²) in [6, 6.07) is 23.4. The zero-order chi connectivity index (χ0) is 78.5. The molecule has 3 fully saturated rings. The van der Waals surface area contributed by atoms with Crippen LogP contribution in [0.5, 0.6) is 0 Å². The Labute approximate surface area is 649 Å². The van der Waals surface area contributed by atoms with Gasteiger partial charge in [-0.3, -0.25) is 49.1 Å². The summed E-state index contributed by atoms with van der Waals surface area (Å²) in [5.41, 5.74) is 33.7. The Bertz CT molecular complexity index is 5670. The molecule has 10 N–H and O–H groups in total. The summed E-state index contributed by atoms with van der Waals surface area (Å²) in [6.07, 6.45) is 13.6. The number of nitrogens with zero attached hydrogens (tertiary/aromatic N) is 20. The van der Waals surface area contributed by atoms with Crippen LogP contribution in [0.2, 0.25) is 0 Å². The summed E-state index contributed by atoms with van der Waals surface area (Å²) in [4.78, 5) is 90.6. The third kappa shape index (κ3) is 19.2. The largest absolute Gasteiger partial charge is 0.383 e. The fourth-order valence-corrected chi connectivity index (χ4v) is 13.1. The smallest absolute Gasteiger partial charge is 0.257 e. The first-order valence-electron chi connectivity index (χ1n) is 36.8. The van der Waals surface area contributed by atoms with E-state index in [1.807, 2.05) is 50.2 Å². The van der Waals surface area contributed by atoms with Gasteiger partial charge in [-0.05, 0) is 162 Å². The molecular weight excluding hydrogens is 1410 g/mol. The van der Waals surface area contributed by atoms with Crippen LogP contribution in [0, 0.1) is 56.3 Å². The minimum absolute atomic E-state index is 0.0792. The Hall–Kier alpha value is -13.0. The van der Waals surface area contributed by atoms with Crippen LogP contribution >= 0.6 is 0 Å². The standard InChI is InChI=1S/C29H33N9O.C27H29N9O.C26H27N9O/c1-19(2)38-28-26(27(30)32-18-33-28)25(35-38)8-5-21-14-23(16-31-15-21)29(39)34-24-7-6-22(20(3)13-24)17-37-11-9-36(4)10-12-37;1-18-12-22(6-5-20(18)16-36-10-8-34(2)9-11-36)32-27(37)21-13-19(14-29-15-21)4-7-23-24-25(28)30-17-31-26(24)35(3)33-23;1-17-11-21(5-4-19(17)15-35-9-7-34(2)8-10-35)31-26(36)20-12-18(13-28-14-20)3-6-22-23-24(27)29-16-30-25(23)33-32-22/h6-7,13-16,18-19H,9-12,17H2,1-4H3,(H,34,39)(H2,30,32,33);5-6,12-15,17H,8-11,16H2,1-3H3,(H,32,37)(H2,28,30,31);4-5,11-14,16H,7-10,15H2,1-2H3,(H,31,36)(H3,27,29,30,32,33). The first kappa shape index (κ1) is 77.2. The summed E-state index contributed by atoms with van der Waals surface area (Å²) < 4.78 is 3.38. The van der Waals surface area contributed by atoms with E-state index in [4.69, 9.17) is 17.2 Å². The molecule has 0 atom stereocenters. The average Bonchev–Trinajstić information content (AvgIpc) is 1.63. The van der Waals surface area contributed by atoms with E-state index >= 15 is 0 Å². The van der Waals surface area contributed by atoms with Crippen LogP contribution in [-0.4, -0.2) is 221 Å². The number of hydrogen-bond donors (Lipinski definition) is 7. The van der Waals surface area contributed by atoms with Crippen molar-refractivity contribution in [2.75, 3.05) is 133 Å². The summed E-state index contributed by atoms with van der Waals surface area (Å²) in [6.45, 7) is 26.0. The molecule has 112 heavy (non-hydrogen) atoms. The maximum absolute atomic E-state index is 13.0. The number of likely N-dealkylation sites (N-methyl/N-ethyl adjacent to an activating group) is 3. The molecule has 0 bridgehead atoms. The third-order valence-corrected chi connectivity index (χ3v) is 19.8. The van der Waals surface area contributed by atoms with Crippen LogP contribution in [0.1, 0.15) is 118 Å². The van der Waals surface area contributed by atoms with Crippen molar-refractivity contribution in [3.63, 3.8) is 0 Å². The number of nitrogens with one attached hydrogen (secondary N) is 4. The van der Waals surface area contributed by atoms with Gasteiger partial charge in [-0.25, -0.2) is 39.3 Å². The molecule has 570 valence electrons. The van der Waals surface area contributed by atoms with Crippen LogP contribution in [-0.2, 0) is 26.7 Å². The maximum Gasteiger partial charge on any atom is 0.257 e. The summed E-state index contributed by atoms with van der Waals surface area (Å²) in [5, 5.41) is 26.6. The molecular formula is C82H89N27O3. The van der Waals surface area contributed by atoms with Crippen molar-refractivity contribution < 1.29 is 14.4 Å². The number of carbonyl (C=O) groups excluding carboxylic acids is 3. The molecule has 30 heteroatoms. The first-order chi connectivity index (χ1) is 54.1. The molecule has 3 aliphatic rings. The summed E-state index contributed by atoms with van der Waals surface area (Å²) in [7, 11) is 8.25. The third-order valence-electron chi connectivity index (χ3n) is 19.8. The van der Waals surface area contributed by atoms with E-state index in [9.17, 15) is 14.4 Å². The van der Waals surface area contributed by atoms with Crippen molar-refractivity contribution in [3.8, 4) is 35.5 Å². The molecule has 0 radical (unpaired) electrons. The number of nitrogens with two attached hydrogens (primary N) is 3. The predicted octanol–water partition coefficient (Wildman–Crippen LogP) is 7.18. The second kappa shape index (κ2) is 35.1. The van der Waals surface area contributed by atoms with Gasteiger partial charge in [0.05, 0.1) is 32.8 Å². The zero-order valence-corrected chi connectivity index (χ0v) is 64.2. The molecule has 15 rings (SSSR count). The van der Waals surface area contributed by atoms with Crippen LogP contribution in [0.4, 0.5) is 34.5 Å². The molecule has 0 spiro atoms. The molecule has 0 saturated carbocycles. The quantitative estimate of drug-likeness (QED) is 0.0562. The van der Waals surface area contributed by atoms with E-state index in [0.717, 1.165) is 132 Å². The number of piperazine rings is 3. The van der Waals surface area contributed by atoms with E-state index in [2.05, 4.69) is 206 Å². The number of amides is 3. The van der Waals surface area contributed by atoms with Crippen LogP contribution < -0.4 is 33.2 Å². The lowest BCUT2D eigenvalue weighted by Gasteiger charge is -2.32. The van der Waals surface area contributed by atoms with Gasteiger partial charge in [0, 0.05) is 182 Å². The average molecular weight is 1500 g/mol. The normalized spacial score (nSPS) is 14.4. The monoisotopic (exact) mass is 1500 g/mol. The maximum atomic E-state index is 13.0. The lowest BCUT2D eigenvalue weighted by atomic mass is 10.1. The number of aromatic nitrogens is 15. The van der Waals surface area contributed by atoms with E-state index in [1.54, 1.807) is 53.2 Å². The second-order valence-corrected chi connectivity index (χ2v) is 28.5. The molecule has 12 aromatic rings. The number of aromatic amines is 1. The number of hydrogen-bond acceptors (Lipinski definition) is 24. The Morgan fingerprint density at radius 1 is 0.438 bits per heavy atom. The highest BCUT2D eigenvalue weighted by Gasteiger charge is 2.22. The molecule has 0 aliphatic carbocycles. The molecule has 0 unspecified atom stereocenters. The van der Waals surface area contributed by atoms with E-state index in [-0.39, 0.29) is 23.8 Å². The first-order valence-corrected chi connectivity index (χ1v) is 36.8. The van der Waals surface area contributed by atoms with Crippen molar-refractivity contribution in [2.45, 2.75) is 60.3 Å². The number of fused-ring (bicyclic) bond motifs is 3. The summed E-state index contributed by atoms with van der Waals surface area (Å²) >= 11 is 0. The zero-order valence-electron chi connectivity index (χ0n) is 64.2. The second-order valence-electron chi connectivity index (χ2n) is 28.5. The fourth-order valence-electron chi connectivity index (χ4n) is 13.1. The molecule has 12 heterocycles. The Balaban J connectivity index is 0.000000147. The van der Waals surface area contributed by atoms with Gasteiger partial charge in [0.15, 0.2) is 16.9 Å². The Kier molecular flexibility index (Phi) is 24.2. The SMILES string of the molecule is Cc1cc(NC(=O)c2cncc(C#Cc3[nH]nc4ncnc(N)c34)c2)ccc1CN1CCN(C)CC1.Cc1cc(NC(=O)c2cncc(C#Cc3nn(C(C)C)c4ncnc(N)c34)c2)ccc1CN1CCN(C)CC1.Cc1cc(NC(=O)c2cncc(C#Cc3nn(C)c4ncnc(N)c34)c2)ccc1CN1CCN(C)CC1. The van der Waals surface area contributed by atoms with Crippen molar-refractivity contribution in [1.29, 1.82) is 0 Å². The van der Waals surface area contributed by atoms with Gasteiger partial charge in [-0.2, -0.15) is 15.3 Å². The highest BCUT2D eigenvalue weighted by Crippen LogP contribution is 2.27. The van der Waals surface area contributed by atoms with Gasteiger partial charge in [-0.15, -0.1) is 0 Å². The minimum atomic E-state index is -0.248. The van der Waals surface area contributed by atoms with Crippen LogP contribution in [0.3, 0.4) is 0 Å². The topological polar surface area (TPSA) is 365 Å². The van der Waals surface area contributed by atoms with Crippen LogP contribution in [0.15, 0.2) is 129 Å².